The normalized spacial score (nSPS) is 11.5. The molecule has 0 aliphatic heterocycles. The molecular formula is C20H26N2O3. The maximum absolute atomic E-state index is 12.2. The number of methoxy groups -OCH3 is 2. The van der Waals surface area contributed by atoms with Crippen LogP contribution in [0, 0.1) is 6.92 Å². The number of hydrogen-bond donors (Lipinski definition) is 2. The van der Waals surface area contributed by atoms with Crippen molar-refractivity contribution in [3.8, 4) is 11.5 Å². The first-order chi connectivity index (χ1) is 12.1. The minimum atomic E-state index is -0.212. The summed E-state index contributed by atoms with van der Waals surface area (Å²) in [4.78, 5) is 12.2. The number of carbonyl (C=O) groups is 1. The molecule has 5 nitrogen and oxygen atoms in total. The highest BCUT2D eigenvalue weighted by molar-refractivity contribution is 5.89. The molecule has 0 radical (unpaired) electrons. The number of carbonyl (C=O) groups excluding carboxylic acids is 1. The van der Waals surface area contributed by atoms with E-state index in [2.05, 4.69) is 10.6 Å². The number of para-hydroxylation sites is 1. The van der Waals surface area contributed by atoms with E-state index in [9.17, 15) is 4.79 Å². The summed E-state index contributed by atoms with van der Waals surface area (Å²) >= 11 is 0. The second kappa shape index (κ2) is 8.97. The lowest BCUT2D eigenvalue weighted by Crippen LogP contribution is -2.39. The molecule has 25 heavy (non-hydrogen) atoms. The number of hydrogen-bond acceptors (Lipinski definition) is 3. The van der Waals surface area contributed by atoms with Crippen molar-refractivity contribution < 1.29 is 14.3 Å². The van der Waals surface area contributed by atoms with Gasteiger partial charge in [-0.2, -0.15) is 0 Å². The fourth-order valence-electron chi connectivity index (χ4n) is 2.71. The minimum absolute atomic E-state index is 0.00924. The smallest absolute Gasteiger partial charge is 0.319 e. The van der Waals surface area contributed by atoms with Crippen LogP contribution in [0.5, 0.6) is 11.5 Å². The van der Waals surface area contributed by atoms with Crippen molar-refractivity contribution in [2.75, 3.05) is 19.5 Å². The molecule has 2 aromatic rings. The molecule has 2 aromatic carbocycles. The Morgan fingerprint density at radius 1 is 1.08 bits per heavy atom. The van der Waals surface area contributed by atoms with Gasteiger partial charge in [0.2, 0.25) is 0 Å². The first-order valence-electron chi connectivity index (χ1n) is 8.41. The Morgan fingerprint density at radius 3 is 2.36 bits per heavy atom. The van der Waals surface area contributed by atoms with E-state index in [4.69, 9.17) is 9.47 Å². The minimum Gasteiger partial charge on any atom is -0.496 e. The van der Waals surface area contributed by atoms with Crippen LogP contribution in [-0.2, 0) is 6.42 Å². The zero-order valence-corrected chi connectivity index (χ0v) is 15.3. The Bertz CT molecular complexity index is 702. The molecule has 2 amide bonds. The quantitative estimate of drug-likeness (QED) is 0.794. The van der Waals surface area contributed by atoms with E-state index in [1.807, 2.05) is 56.3 Å². The fraction of sp³-hybridized carbons (Fsp3) is 0.350. The van der Waals surface area contributed by atoms with E-state index in [0.717, 1.165) is 34.7 Å². The van der Waals surface area contributed by atoms with Gasteiger partial charge in [0.1, 0.15) is 11.5 Å². The molecule has 0 saturated heterocycles. The van der Waals surface area contributed by atoms with E-state index in [1.54, 1.807) is 14.2 Å². The second-order valence-corrected chi connectivity index (χ2v) is 5.91. The maximum atomic E-state index is 12.2. The third-order valence-electron chi connectivity index (χ3n) is 4.12. The van der Waals surface area contributed by atoms with Gasteiger partial charge in [-0.25, -0.2) is 4.79 Å². The molecule has 0 saturated carbocycles. The van der Waals surface area contributed by atoms with Crippen LogP contribution in [0.3, 0.4) is 0 Å². The maximum Gasteiger partial charge on any atom is 0.319 e. The highest BCUT2D eigenvalue weighted by Crippen LogP contribution is 2.29. The van der Waals surface area contributed by atoms with Gasteiger partial charge in [-0.15, -0.1) is 0 Å². The van der Waals surface area contributed by atoms with E-state index in [1.165, 1.54) is 0 Å². The van der Waals surface area contributed by atoms with Crippen molar-refractivity contribution in [3.05, 3.63) is 53.6 Å². The van der Waals surface area contributed by atoms with Crippen molar-refractivity contribution in [2.24, 2.45) is 0 Å². The summed E-state index contributed by atoms with van der Waals surface area (Å²) in [7, 11) is 3.31. The highest BCUT2D eigenvalue weighted by Gasteiger charge is 2.16. The predicted molar refractivity (Wildman–Crippen MR) is 101 cm³/mol. The average molecular weight is 342 g/mol. The summed E-state index contributed by atoms with van der Waals surface area (Å²) in [6.45, 7) is 4.03. The third-order valence-corrected chi connectivity index (χ3v) is 4.12. The fourth-order valence-corrected chi connectivity index (χ4v) is 2.71. The van der Waals surface area contributed by atoms with Gasteiger partial charge in [0.25, 0.3) is 0 Å². The number of urea groups is 1. The zero-order valence-electron chi connectivity index (χ0n) is 15.3. The van der Waals surface area contributed by atoms with Crippen molar-refractivity contribution in [1.82, 2.24) is 5.32 Å². The molecule has 0 aliphatic carbocycles. The number of aryl methyl sites for hydroxylation is 1. The molecule has 134 valence electrons. The summed E-state index contributed by atoms with van der Waals surface area (Å²) in [5, 5.41) is 5.87. The Kier molecular flexibility index (Phi) is 6.69. The van der Waals surface area contributed by atoms with Gasteiger partial charge < -0.3 is 20.1 Å². The van der Waals surface area contributed by atoms with E-state index >= 15 is 0 Å². The summed E-state index contributed by atoms with van der Waals surface area (Å²) in [6.07, 6.45) is 1.47. The Morgan fingerprint density at radius 2 is 1.76 bits per heavy atom. The van der Waals surface area contributed by atoms with Crippen LogP contribution in [0.2, 0.25) is 0 Å². The Labute approximate surface area is 149 Å². The summed E-state index contributed by atoms with van der Waals surface area (Å²) < 4.78 is 10.9. The van der Waals surface area contributed by atoms with Crippen molar-refractivity contribution in [1.29, 1.82) is 0 Å². The number of anilines is 1. The third kappa shape index (κ3) is 5.14. The Hall–Kier alpha value is -2.69. The van der Waals surface area contributed by atoms with Gasteiger partial charge in [-0.1, -0.05) is 25.1 Å². The first kappa shape index (κ1) is 18.6. The molecule has 0 heterocycles. The molecule has 0 unspecified atom stereocenters. The van der Waals surface area contributed by atoms with E-state index < -0.39 is 0 Å². The number of benzene rings is 2. The van der Waals surface area contributed by atoms with Gasteiger partial charge in [-0.3, -0.25) is 0 Å². The molecule has 0 aliphatic rings. The van der Waals surface area contributed by atoms with Gasteiger partial charge >= 0.3 is 6.03 Å². The van der Waals surface area contributed by atoms with Crippen LogP contribution < -0.4 is 20.1 Å². The van der Waals surface area contributed by atoms with Gasteiger partial charge in [0.15, 0.2) is 0 Å². The van der Waals surface area contributed by atoms with Crippen LogP contribution in [0.4, 0.5) is 10.5 Å². The number of nitrogens with one attached hydrogen (secondary N) is 2. The molecule has 5 heteroatoms. The molecule has 2 N–H and O–H groups in total. The van der Waals surface area contributed by atoms with Gasteiger partial charge in [-0.05, 0) is 55.2 Å². The monoisotopic (exact) mass is 342 g/mol. The molecule has 0 aromatic heterocycles. The van der Waals surface area contributed by atoms with Crippen LogP contribution in [0.1, 0.15) is 24.5 Å². The average Bonchev–Trinajstić information content (AvgIpc) is 2.62. The van der Waals surface area contributed by atoms with Crippen LogP contribution in [0.25, 0.3) is 0 Å². The lowest BCUT2D eigenvalue weighted by Gasteiger charge is -2.20. The number of amides is 2. The summed E-state index contributed by atoms with van der Waals surface area (Å²) in [5.41, 5.74) is 2.80. The molecular weight excluding hydrogens is 316 g/mol. The molecule has 2 rings (SSSR count). The van der Waals surface area contributed by atoms with Crippen molar-refractivity contribution >= 4 is 11.7 Å². The van der Waals surface area contributed by atoms with E-state index in [-0.39, 0.29) is 12.1 Å². The molecule has 1 atom stereocenters. The lowest BCUT2D eigenvalue weighted by molar-refractivity contribution is 0.248. The second-order valence-electron chi connectivity index (χ2n) is 5.91. The van der Waals surface area contributed by atoms with E-state index in [0.29, 0.717) is 6.42 Å². The molecule has 0 fully saturated rings. The standard InChI is InChI=1S/C20H26N2O3/c1-5-16(21-20(23)22-17-9-7-6-8-10-17)12-15-13-18(24-3)14(2)11-19(15)25-4/h6-11,13,16H,5,12H2,1-4H3,(H2,21,22,23)/t16-/m1/s1. The first-order valence-corrected chi connectivity index (χ1v) is 8.41. The molecule has 0 bridgehead atoms. The van der Waals surface area contributed by atoms with Crippen LogP contribution in [-0.4, -0.2) is 26.3 Å². The van der Waals surface area contributed by atoms with Gasteiger partial charge in [0.05, 0.1) is 14.2 Å². The van der Waals surface area contributed by atoms with Crippen LogP contribution >= 0.6 is 0 Å². The zero-order chi connectivity index (χ0) is 18.2. The lowest BCUT2D eigenvalue weighted by atomic mass is 10.0. The highest BCUT2D eigenvalue weighted by atomic mass is 16.5. The summed E-state index contributed by atoms with van der Waals surface area (Å²) in [5.74, 6) is 1.63. The predicted octanol–water partition coefficient (Wildman–Crippen LogP) is 4.16. The SMILES string of the molecule is CC[C@H](Cc1cc(OC)c(C)cc1OC)NC(=O)Nc1ccccc1. The van der Waals surface area contributed by atoms with Crippen molar-refractivity contribution in [3.63, 3.8) is 0 Å². The largest absolute Gasteiger partial charge is 0.496 e. The Balaban J connectivity index is 2.07. The van der Waals surface area contributed by atoms with Crippen molar-refractivity contribution in [2.45, 2.75) is 32.7 Å². The van der Waals surface area contributed by atoms with Crippen LogP contribution in [0.15, 0.2) is 42.5 Å². The van der Waals surface area contributed by atoms with Gasteiger partial charge in [0, 0.05) is 11.7 Å². The summed E-state index contributed by atoms with van der Waals surface area (Å²) in [6, 6.07) is 13.1. The number of ether oxygens (including phenoxy) is 2. The number of rotatable bonds is 7. The topological polar surface area (TPSA) is 59.6 Å². The molecule has 0 spiro atoms.